The van der Waals surface area contributed by atoms with Crippen molar-refractivity contribution in [1.82, 2.24) is 29.2 Å². The molecular formula is C28H26F3N7O2. The van der Waals surface area contributed by atoms with Crippen LogP contribution in [0.25, 0.3) is 16.8 Å². The van der Waals surface area contributed by atoms with Crippen LogP contribution in [-0.2, 0) is 12.6 Å². The Morgan fingerprint density at radius 2 is 1.85 bits per heavy atom. The van der Waals surface area contributed by atoms with E-state index >= 15 is 0 Å². The second kappa shape index (κ2) is 9.61. The number of anilines is 1. The number of carbonyl (C=O) groups excluding carboxylic acids is 2. The standard InChI is InChI=1S/C28H26F3N7O2/c1-36-15-21-7-6-18(14-38(21)27(36)40)26-35-23(24-25(32)34-10-11-37(24)26)17-4-2-16(3-5-17)22(39)13-20-12-19(8-9-33-20)28(29,30)31/h2-5,8-12,18,21H,6-7,13-15H2,1H3,(H2,32,34)/t18-,21+/m1/s1. The highest BCUT2D eigenvalue weighted by Crippen LogP contribution is 2.37. The summed E-state index contributed by atoms with van der Waals surface area (Å²) in [4.78, 5) is 42.3. The maximum absolute atomic E-state index is 13.0. The van der Waals surface area contributed by atoms with Gasteiger partial charge in [0.1, 0.15) is 22.9 Å². The van der Waals surface area contributed by atoms with Gasteiger partial charge in [-0.2, -0.15) is 13.2 Å². The van der Waals surface area contributed by atoms with Crippen molar-refractivity contribution in [1.29, 1.82) is 0 Å². The average molecular weight is 550 g/mol. The van der Waals surface area contributed by atoms with Gasteiger partial charge in [-0.05, 0) is 25.0 Å². The van der Waals surface area contributed by atoms with E-state index in [4.69, 9.17) is 10.7 Å². The first-order valence-electron chi connectivity index (χ1n) is 12.9. The Morgan fingerprint density at radius 3 is 2.60 bits per heavy atom. The van der Waals surface area contributed by atoms with Crippen LogP contribution in [0.15, 0.2) is 55.0 Å². The molecule has 12 heteroatoms. The third-order valence-corrected chi connectivity index (χ3v) is 7.70. The number of piperidine rings is 1. The minimum atomic E-state index is -4.51. The second-order valence-corrected chi connectivity index (χ2v) is 10.3. The summed E-state index contributed by atoms with van der Waals surface area (Å²) in [6, 6.07) is 8.71. The molecule has 2 N–H and O–H groups in total. The maximum Gasteiger partial charge on any atom is 0.416 e. The van der Waals surface area contributed by atoms with Crippen molar-refractivity contribution in [3.05, 3.63) is 77.6 Å². The van der Waals surface area contributed by atoms with E-state index in [0.29, 0.717) is 34.7 Å². The molecule has 1 aromatic carbocycles. The number of urea groups is 1. The monoisotopic (exact) mass is 549 g/mol. The summed E-state index contributed by atoms with van der Waals surface area (Å²) in [6.45, 7) is 1.29. The van der Waals surface area contributed by atoms with Gasteiger partial charge < -0.3 is 15.5 Å². The largest absolute Gasteiger partial charge is 0.416 e. The number of likely N-dealkylation sites (N-methyl/N-ethyl adjacent to an activating group) is 1. The first-order chi connectivity index (χ1) is 19.1. The minimum Gasteiger partial charge on any atom is -0.382 e. The van der Waals surface area contributed by atoms with Crippen molar-refractivity contribution >= 4 is 23.1 Å². The van der Waals surface area contributed by atoms with Crippen LogP contribution in [0.4, 0.5) is 23.8 Å². The van der Waals surface area contributed by atoms with Crippen LogP contribution in [-0.4, -0.2) is 67.1 Å². The van der Waals surface area contributed by atoms with E-state index in [0.717, 1.165) is 43.5 Å². The summed E-state index contributed by atoms with van der Waals surface area (Å²) >= 11 is 0. The summed E-state index contributed by atoms with van der Waals surface area (Å²) in [5.74, 6) is 0.746. The number of alkyl halides is 3. The highest BCUT2D eigenvalue weighted by molar-refractivity contribution is 5.98. The zero-order valence-corrected chi connectivity index (χ0v) is 21.6. The number of aromatic nitrogens is 4. The highest BCUT2D eigenvalue weighted by atomic mass is 19.4. The summed E-state index contributed by atoms with van der Waals surface area (Å²) in [5, 5.41) is 0. The Morgan fingerprint density at radius 1 is 1.07 bits per heavy atom. The molecule has 2 saturated heterocycles. The van der Waals surface area contributed by atoms with Crippen LogP contribution in [0.2, 0.25) is 0 Å². The number of imidazole rings is 1. The molecule has 2 atom stereocenters. The molecular weight excluding hydrogens is 523 g/mol. The van der Waals surface area contributed by atoms with Crippen molar-refractivity contribution in [2.24, 2.45) is 0 Å². The van der Waals surface area contributed by atoms with E-state index in [1.165, 1.54) is 0 Å². The molecule has 4 aromatic rings. The zero-order chi connectivity index (χ0) is 28.2. The predicted octanol–water partition coefficient (Wildman–Crippen LogP) is 4.43. The fourth-order valence-corrected chi connectivity index (χ4v) is 5.68. The molecule has 0 bridgehead atoms. The van der Waals surface area contributed by atoms with Gasteiger partial charge in [0.2, 0.25) is 0 Å². The van der Waals surface area contributed by atoms with Gasteiger partial charge in [-0.1, -0.05) is 24.3 Å². The first kappa shape index (κ1) is 25.8. The molecule has 0 saturated carbocycles. The van der Waals surface area contributed by atoms with Gasteiger partial charge in [0.15, 0.2) is 5.78 Å². The molecule has 3 aromatic heterocycles. The molecule has 5 heterocycles. The lowest BCUT2D eigenvalue weighted by atomic mass is 9.93. The Labute approximate surface area is 227 Å². The number of rotatable bonds is 5. The molecule has 2 fully saturated rings. The van der Waals surface area contributed by atoms with Crippen LogP contribution >= 0.6 is 0 Å². The van der Waals surface area contributed by atoms with Crippen LogP contribution in [0.1, 0.15) is 46.2 Å². The Kier molecular flexibility index (Phi) is 6.20. The van der Waals surface area contributed by atoms with Gasteiger partial charge in [-0.15, -0.1) is 0 Å². The Bertz CT molecular complexity index is 1620. The van der Waals surface area contributed by atoms with Crippen LogP contribution in [0.3, 0.4) is 0 Å². The molecule has 2 amide bonds. The van der Waals surface area contributed by atoms with Crippen LogP contribution in [0, 0.1) is 0 Å². The molecule has 9 nitrogen and oxygen atoms in total. The quantitative estimate of drug-likeness (QED) is 0.369. The number of hydrogen-bond donors (Lipinski definition) is 1. The molecule has 0 radical (unpaired) electrons. The normalized spacial score (nSPS) is 19.4. The molecule has 0 unspecified atom stereocenters. The first-order valence-corrected chi connectivity index (χ1v) is 12.9. The number of nitrogens with zero attached hydrogens (tertiary/aromatic N) is 6. The number of fused-ring (bicyclic) bond motifs is 2. The topological polar surface area (TPSA) is 110 Å². The van der Waals surface area contributed by atoms with Crippen LogP contribution in [0.5, 0.6) is 0 Å². The number of Topliss-reactive ketones (excluding diaryl/α,β-unsaturated/α-hetero) is 1. The average Bonchev–Trinajstić information content (AvgIpc) is 3.46. The Hall–Kier alpha value is -4.48. The number of nitrogen functional groups attached to an aromatic ring is 1. The third-order valence-electron chi connectivity index (χ3n) is 7.70. The predicted molar refractivity (Wildman–Crippen MR) is 141 cm³/mol. The lowest BCUT2D eigenvalue weighted by molar-refractivity contribution is -0.137. The van der Waals surface area contributed by atoms with E-state index < -0.39 is 11.7 Å². The number of halogens is 3. The number of hydrogen-bond acceptors (Lipinski definition) is 6. The maximum atomic E-state index is 13.0. The van der Waals surface area contributed by atoms with Gasteiger partial charge in [-0.25, -0.2) is 14.8 Å². The van der Waals surface area contributed by atoms with Crippen molar-refractivity contribution in [3.63, 3.8) is 0 Å². The molecule has 2 aliphatic heterocycles. The van der Waals surface area contributed by atoms with E-state index in [-0.39, 0.29) is 35.9 Å². The fourth-order valence-electron chi connectivity index (χ4n) is 5.68. The van der Waals surface area contributed by atoms with Crippen molar-refractivity contribution in [2.75, 3.05) is 25.9 Å². The van der Waals surface area contributed by atoms with Crippen LogP contribution < -0.4 is 5.73 Å². The third kappa shape index (κ3) is 4.52. The summed E-state index contributed by atoms with van der Waals surface area (Å²) in [6.07, 6.45) is 1.46. The van der Waals surface area contributed by atoms with E-state index in [9.17, 15) is 22.8 Å². The van der Waals surface area contributed by atoms with Crippen molar-refractivity contribution < 1.29 is 22.8 Å². The molecule has 0 spiro atoms. The van der Waals surface area contributed by atoms with Gasteiger partial charge >= 0.3 is 12.2 Å². The van der Waals surface area contributed by atoms with E-state index in [2.05, 4.69) is 9.97 Å². The SMILES string of the molecule is CN1C[C@@H]2CC[C@@H](c3nc(-c4ccc(C(=O)Cc5cc(C(F)(F)F)ccn5)cc4)c4c(N)nccn34)CN2C1=O. The number of nitrogens with two attached hydrogens (primary N) is 1. The molecule has 2 aliphatic rings. The number of carbonyl (C=O) groups is 2. The number of benzene rings is 1. The second-order valence-electron chi connectivity index (χ2n) is 10.3. The highest BCUT2D eigenvalue weighted by Gasteiger charge is 2.41. The molecule has 6 rings (SSSR count). The zero-order valence-electron chi connectivity index (χ0n) is 21.6. The molecule has 206 valence electrons. The fraction of sp³-hybridized carbons (Fsp3) is 0.321. The lowest BCUT2D eigenvalue weighted by Crippen LogP contribution is -2.42. The van der Waals surface area contributed by atoms with Gasteiger partial charge in [0.05, 0.1) is 18.0 Å². The number of amides is 2. The summed E-state index contributed by atoms with van der Waals surface area (Å²) in [7, 11) is 1.82. The number of pyridine rings is 1. The van der Waals surface area contributed by atoms with Gasteiger partial charge in [-0.3, -0.25) is 14.2 Å². The van der Waals surface area contributed by atoms with Crippen molar-refractivity contribution in [3.8, 4) is 11.3 Å². The van der Waals surface area contributed by atoms with Gasteiger partial charge in [0, 0.05) is 61.5 Å². The van der Waals surface area contributed by atoms with E-state index in [1.54, 1.807) is 35.4 Å². The summed E-state index contributed by atoms with van der Waals surface area (Å²) in [5.41, 5.74) is 7.78. The Balaban J connectivity index is 1.28. The van der Waals surface area contributed by atoms with Gasteiger partial charge in [0.25, 0.3) is 0 Å². The van der Waals surface area contributed by atoms with Crippen molar-refractivity contribution in [2.45, 2.75) is 37.4 Å². The molecule has 40 heavy (non-hydrogen) atoms. The minimum absolute atomic E-state index is 0.00978. The van der Waals surface area contributed by atoms with E-state index in [1.807, 2.05) is 22.5 Å². The lowest BCUT2D eigenvalue weighted by Gasteiger charge is -2.33. The summed E-state index contributed by atoms with van der Waals surface area (Å²) < 4.78 is 41.0. The smallest absolute Gasteiger partial charge is 0.382 e. The molecule has 0 aliphatic carbocycles. The number of ketones is 1.